The zero-order chi connectivity index (χ0) is 15.3. The second-order valence-electron chi connectivity index (χ2n) is 6.16. The molecule has 1 aromatic carbocycles. The topological polar surface area (TPSA) is 34.1 Å². The summed E-state index contributed by atoms with van der Waals surface area (Å²) in [5.74, 6) is 0.908. The molecule has 0 saturated heterocycles. The molecule has 0 aliphatic carbocycles. The van der Waals surface area contributed by atoms with Crippen LogP contribution in [0.25, 0.3) is 0 Å². The highest BCUT2D eigenvalue weighted by Gasteiger charge is 2.17. The van der Waals surface area contributed by atoms with Crippen LogP contribution in [0.15, 0.2) is 30.5 Å². The molecule has 0 bridgehead atoms. The average Bonchev–Trinajstić information content (AvgIpc) is 2.93. The molecule has 4 heteroatoms. The van der Waals surface area contributed by atoms with Crippen LogP contribution in [0.4, 0.5) is 0 Å². The normalized spacial score (nSPS) is 11.6. The van der Waals surface area contributed by atoms with Gasteiger partial charge in [-0.15, -0.1) is 11.3 Å². The van der Waals surface area contributed by atoms with E-state index in [2.05, 4.69) is 43.2 Å². The van der Waals surface area contributed by atoms with Gasteiger partial charge in [0.2, 0.25) is 0 Å². The molecule has 1 heterocycles. The van der Waals surface area contributed by atoms with E-state index >= 15 is 0 Å². The minimum Gasteiger partial charge on any atom is -0.497 e. The van der Waals surface area contributed by atoms with E-state index in [9.17, 15) is 0 Å². The first-order valence-corrected chi connectivity index (χ1v) is 8.09. The molecular weight excluding hydrogens is 280 g/mol. The van der Waals surface area contributed by atoms with E-state index in [0.717, 1.165) is 25.3 Å². The van der Waals surface area contributed by atoms with Gasteiger partial charge in [0.05, 0.1) is 12.1 Å². The standard InChI is InChI=1S/C17H24N2OS/c1-17(2,3)16-19-12-15(21-16)11-18-10-9-13-5-7-14(20-4)8-6-13/h5-8,12,18H,9-11H2,1-4H3. The maximum absolute atomic E-state index is 5.16. The fourth-order valence-electron chi connectivity index (χ4n) is 1.97. The lowest BCUT2D eigenvalue weighted by molar-refractivity contribution is 0.414. The Balaban J connectivity index is 1.75. The molecule has 0 aliphatic rings. The Labute approximate surface area is 131 Å². The predicted octanol–water partition coefficient (Wildman–Crippen LogP) is 3.78. The van der Waals surface area contributed by atoms with Crippen LogP contribution in [0.5, 0.6) is 5.75 Å². The van der Waals surface area contributed by atoms with Crippen LogP contribution in [-0.4, -0.2) is 18.6 Å². The average molecular weight is 304 g/mol. The van der Waals surface area contributed by atoms with Crippen LogP contribution in [0.1, 0.15) is 36.2 Å². The van der Waals surface area contributed by atoms with Crippen molar-refractivity contribution in [3.05, 3.63) is 45.9 Å². The molecule has 2 rings (SSSR count). The molecule has 2 aromatic rings. The van der Waals surface area contributed by atoms with E-state index in [0.29, 0.717) is 0 Å². The maximum Gasteiger partial charge on any atom is 0.118 e. The highest BCUT2D eigenvalue weighted by Crippen LogP contribution is 2.26. The van der Waals surface area contributed by atoms with Gasteiger partial charge < -0.3 is 10.1 Å². The molecule has 0 fully saturated rings. The Morgan fingerprint density at radius 1 is 1.19 bits per heavy atom. The molecule has 0 aliphatic heterocycles. The summed E-state index contributed by atoms with van der Waals surface area (Å²) in [5.41, 5.74) is 1.47. The summed E-state index contributed by atoms with van der Waals surface area (Å²) in [6.45, 7) is 8.46. The van der Waals surface area contributed by atoms with Crippen molar-refractivity contribution in [1.82, 2.24) is 10.3 Å². The molecule has 0 radical (unpaired) electrons. The summed E-state index contributed by atoms with van der Waals surface area (Å²) >= 11 is 1.80. The smallest absolute Gasteiger partial charge is 0.118 e. The monoisotopic (exact) mass is 304 g/mol. The first kappa shape index (κ1) is 16.0. The summed E-state index contributed by atoms with van der Waals surface area (Å²) in [7, 11) is 1.69. The highest BCUT2D eigenvalue weighted by atomic mass is 32.1. The number of hydrogen-bond donors (Lipinski definition) is 1. The zero-order valence-corrected chi connectivity index (χ0v) is 14.1. The van der Waals surface area contributed by atoms with Crippen LogP contribution in [0.3, 0.4) is 0 Å². The van der Waals surface area contributed by atoms with Gasteiger partial charge in [0, 0.05) is 23.0 Å². The van der Waals surface area contributed by atoms with Crippen molar-refractivity contribution in [1.29, 1.82) is 0 Å². The quantitative estimate of drug-likeness (QED) is 0.825. The van der Waals surface area contributed by atoms with Gasteiger partial charge in [-0.2, -0.15) is 0 Å². The van der Waals surface area contributed by atoms with Crippen LogP contribution >= 0.6 is 11.3 Å². The second-order valence-corrected chi connectivity index (χ2v) is 7.27. The third-order valence-corrected chi connectivity index (χ3v) is 4.67. The van der Waals surface area contributed by atoms with Gasteiger partial charge >= 0.3 is 0 Å². The van der Waals surface area contributed by atoms with Gasteiger partial charge in [-0.1, -0.05) is 32.9 Å². The van der Waals surface area contributed by atoms with Crippen molar-refractivity contribution in [2.75, 3.05) is 13.7 Å². The number of benzene rings is 1. The molecule has 21 heavy (non-hydrogen) atoms. The second kappa shape index (κ2) is 7.05. The third kappa shape index (κ3) is 4.83. The molecule has 114 valence electrons. The summed E-state index contributed by atoms with van der Waals surface area (Å²) in [4.78, 5) is 5.81. The fourth-order valence-corrected chi connectivity index (χ4v) is 2.91. The van der Waals surface area contributed by atoms with E-state index in [4.69, 9.17) is 4.74 Å². The van der Waals surface area contributed by atoms with Gasteiger partial charge in [-0.05, 0) is 30.7 Å². The lowest BCUT2D eigenvalue weighted by Gasteiger charge is -2.13. The maximum atomic E-state index is 5.16. The fraction of sp³-hybridized carbons (Fsp3) is 0.471. The van der Waals surface area contributed by atoms with Crippen LogP contribution in [0, 0.1) is 0 Å². The van der Waals surface area contributed by atoms with Crippen LogP contribution in [0.2, 0.25) is 0 Å². The lowest BCUT2D eigenvalue weighted by atomic mass is 9.98. The summed E-state index contributed by atoms with van der Waals surface area (Å²) in [6.07, 6.45) is 3.01. The molecule has 0 unspecified atom stereocenters. The van der Waals surface area contributed by atoms with E-state index in [1.54, 1.807) is 18.4 Å². The summed E-state index contributed by atoms with van der Waals surface area (Å²) < 4.78 is 5.16. The Morgan fingerprint density at radius 2 is 1.90 bits per heavy atom. The molecular formula is C17H24N2OS. The van der Waals surface area contributed by atoms with Crippen molar-refractivity contribution >= 4 is 11.3 Å². The number of ether oxygens (including phenoxy) is 1. The number of nitrogens with one attached hydrogen (secondary N) is 1. The van der Waals surface area contributed by atoms with Gasteiger partial charge in [0.25, 0.3) is 0 Å². The van der Waals surface area contributed by atoms with E-state index in [1.807, 2.05) is 18.3 Å². The number of rotatable bonds is 6. The van der Waals surface area contributed by atoms with E-state index in [1.165, 1.54) is 15.4 Å². The predicted molar refractivity (Wildman–Crippen MR) is 89.2 cm³/mol. The summed E-state index contributed by atoms with van der Waals surface area (Å²) in [6, 6.07) is 8.25. The molecule has 0 atom stereocenters. The first-order chi connectivity index (χ1) is 9.99. The van der Waals surface area contributed by atoms with Gasteiger partial charge in [-0.3, -0.25) is 0 Å². The Bertz CT molecular complexity index is 555. The number of hydrogen-bond acceptors (Lipinski definition) is 4. The van der Waals surface area contributed by atoms with Gasteiger partial charge in [0.1, 0.15) is 5.75 Å². The molecule has 0 amide bonds. The van der Waals surface area contributed by atoms with E-state index < -0.39 is 0 Å². The number of nitrogens with zero attached hydrogens (tertiary/aromatic N) is 1. The van der Waals surface area contributed by atoms with Crippen molar-refractivity contribution in [2.45, 2.75) is 39.2 Å². The first-order valence-electron chi connectivity index (χ1n) is 7.28. The third-order valence-electron chi connectivity index (χ3n) is 3.24. The van der Waals surface area contributed by atoms with Crippen LogP contribution in [-0.2, 0) is 18.4 Å². The highest BCUT2D eigenvalue weighted by molar-refractivity contribution is 7.11. The Morgan fingerprint density at radius 3 is 2.48 bits per heavy atom. The number of thiazole rings is 1. The van der Waals surface area contributed by atoms with E-state index in [-0.39, 0.29) is 5.41 Å². The van der Waals surface area contributed by atoms with Crippen molar-refractivity contribution in [2.24, 2.45) is 0 Å². The van der Waals surface area contributed by atoms with Gasteiger partial charge in [0.15, 0.2) is 0 Å². The van der Waals surface area contributed by atoms with Crippen molar-refractivity contribution < 1.29 is 4.74 Å². The Kier molecular flexibility index (Phi) is 5.37. The Hall–Kier alpha value is -1.39. The molecule has 3 nitrogen and oxygen atoms in total. The molecule has 0 spiro atoms. The zero-order valence-electron chi connectivity index (χ0n) is 13.3. The van der Waals surface area contributed by atoms with Gasteiger partial charge in [-0.25, -0.2) is 4.98 Å². The largest absolute Gasteiger partial charge is 0.497 e. The molecule has 1 aromatic heterocycles. The molecule has 1 N–H and O–H groups in total. The SMILES string of the molecule is COc1ccc(CCNCc2cnc(C(C)(C)C)s2)cc1. The molecule has 0 saturated carbocycles. The number of aromatic nitrogens is 1. The van der Waals surface area contributed by atoms with Crippen molar-refractivity contribution in [3.8, 4) is 5.75 Å². The number of methoxy groups -OCH3 is 1. The van der Waals surface area contributed by atoms with Crippen LogP contribution < -0.4 is 10.1 Å². The minimum atomic E-state index is 0.145. The lowest BCUT2D eigenvalue weighted by Crippen LogP contribution is -2.16. The minimum absolute atomic E-state index is 0.145. The summed E-state index contributed by atoms with van der Waals surface area (Å²) in [5, 5.41) is 4.69. The van der Waals surface area contributed by atoms with Crippen molar-refractivity contribution in [3.63, 3.8) is 0 Å².